The number of hydrogen-bond acceptors (Lipinski definition) is 4. The van der Waals surface area contributed by atoms with E-state index in [-0.39, 0.29) is 5.12 Å². The van der Waals surface area contributed by atoms with Gasteiger partial charge in [0.15, 0.2) is 5.12 Å². The summed E-state index contributed by atoms with van der Waals surface area (Å²) in [6.45, 7) is 0. The summed E-state index contributed by atoms with van der Waals surface area (Å²) in [6, 6.07) is 0. The first-order valence-electron chi connectivity index (χ1n) is 3.77. The van der Waals surface area contributed by atoms with Crippen LogP contribution in [0.15, 0.2) is 0 Å². The highest BCUT2D eigenvalue weighted by molar-refractivity contribution is 8.22. The zero-order chi connectivity index (χ0) is 8.81. The zero-order valence-electron chi connectivity index (χ0n) is 6.62. The number of halogens is 1. The van der Waals surface area contributed by atoms with E-state index < -0.39 is 0 Å². The molecule has 12 heavy (non-hydrogen) atoms. The van der Waals surface area contributed by atoms with Gasteiger partial charge >= 0.3 is 0 Å². The molecule has 0 atom stereocenters. The lowest BCUT2D eigenvalue weighted by atomic mass is 10.6. The number of carbonyl (C=O) groups is 1. The minimum atomic E-state index is 0.234. The van der Waals surface area contributed by atoms with Crippen LogP contribution in [0.3, 0.4) is 0 Å². The van der Waals surface area contributed by atoms with Crippen molar-refractivity contribution in [3.63, 3.8) is 0 Å². The minimum Gasteiger partial charge on any atom is -0.287 e. The van der Waals surface area contributed by atoms with Crippen molar-refractivity contribution in [2.24, 2.45) is 0 Å². The Kier molecular flexibility index (Phi) is 5.97. The maximum Gasteiger partial charge on any atom is 0.190 e. The predicted molar refractivity (Wildman–Crippen MR) is 61.5 cm³/mol. The quantitative estimate of drug-likeness (QED) is 0.705. The average Bonchev–Trinajstić information content (AvgIpc) is 2.53. The second-order valence-corrected chi connectivity index (χ2v) is 6.67. The molecule has 0 N–H and O–H groups in total. The molecule has 0 spiro atoms. The van der Waals surface area contributed by atoms with E-state index >= 15 is 0 Å². The SMILES string of the molecule is O=C(CCCl)SCC1SCCS1. The molecule has 0 bridgehead atoms. The molecule has 1 aliphatic rings. The Hall–Kier alpha value is 1.01. The number of carbonyl (C=O) groups excluding carboxylic acids is 1. The number of thioether (sulfide) groups is 3. The van der Waals surface area contributed by atoms with Gasteiger partial charge in [0.1, 0.15) is 0 Å². The van der Waals surface area contributed by atoms with Crippen LogP contribution in [0, 0.1) is 0 Å². The van der Waals surface area contributed by atoms with E-state index in [0.29, 0.717) is 16.9 Å². The largest absolute Gasteiger partial charge is 0.287 e. The molecule has 0 aromatic carbocycles. The smallest absolute Gasteiger partial charge is 0.190 e. The van der Waals surface area contributed by atoms with Gasteiger partial charge in [-0.3, -0.25) is 4.79 Å². The van der Waals surface area contributed by atoms with Crippen molar-refractivity contribution >= 4 is 52.0 Å². The summed E-state index contributed by atoms with van der Waals surface area (Å²) in [5.74, 6) is 3.88. The molecule has 70 valence electrons. The number of alkyl halides is 1. The highest BCUT2D eigenvalue weighted by Crippen LogP contribution is 2.34. The van der Waals surface area contributed by atoms with Crippen LogP contribution in [0.1, 0.15) is 6.42 Å². The van der Waals surface area contributed by atoms with Gasteiger partial charge in [-0.05, 0) is 0 Å². The van der Waals surface area contributed by atoms with Gasteiger partial charge in [0, 0.05) is 29.6 Å². The van der Waals surface area contributed by atoms with E-state index in [1.54, 1.807) is 0 Å². The third-order valence-electron chi connectivity index (χ3n) is 1.37. The van der Waals surface area contributed by atoms with E-state index in [2.05, 4.69) is 0 Å². The highest BCUT2D eigenvalue weighted by atomic mass is 35.5. The summed E-state index contributed by atoms with van der Waals surface area (Å²) in [5.41, 5.74) is 0. The van der Waals surface area contributed by atoms with Crippen LogP contribution in [0.25, 0.3) is 0 Å². The molecule has 1 nitrogen and oxygen atoms in total. The molecule has 0 aromatic heterocycles. The van der Waals surface area contributed by atoms with Crippen LogP contribution >= 0.6 is 46.9 Å². The molecule has 0 aliphatic carbocycles. The molecule has 1 rings (SSSR count). The molecule has 0 amide bonds. The van der Waals surface area contributed by atoms with Crippen molar-refractivity contribution in [1.29, 1.82) is 0 Å². The van der Waals surface area contributed by atoms with Gasteiger partial charge in [-0.15, -0.1) is 35.1 Å². The Morgan fingerprint density at radius 2 is 2.17 bits per heavy atom. The van der Waals surface area contributed by atoms with Crippen molar-refractivity contribution in [2.75, 3.05) is 23.1 Å². The Morgan fingerprint density at radius 1 is 1.50 bits per heavy atom. The van der Waals surface area contributed by atoms with Crippen molar-refractivity contribution in [3.8, 4) is 0 Å². The zero-order valence-corrected chi connectivity index (χ0v) is 9.83. The van der Waals surface area contributed by atoms with Crippen LogP contribution in [0.2, 0.25) is 0 Å². The normalized spacial score (nSPS) is 18.4. The van der Waals surface area contributed by atoms with Crippen molar-refractivity contribution in [2.45, 2.75) is 11.0 Å². The summed E-state index contributed by atoms with van der Waals surface area (Å²) in [7, 11) is 0. The van der Waals surface area contributed by atoms with E-state index in [1.807, 2.05) is 23.5 Å². The van der Waals surface area contributed by atoms with Gasteiger partial charge in [-0.25, -0.2) is 0 Å². The van der Waals surface area contributed by atoms with E-state index in [1.165, 1.54) is 23.3 Å². The van der Waals surface area contributed by atoms with Gasteiger partial charge in [0.05, 0.1) is 4.58 Å². The molecule has 0 unspecified atom stereocenters. The molecular formula is C7H11ClOS3. The second-order valence-electron chi connectivity index (χ2n) is 2.29. The fourth-order valence-corrected chi connectivity index (χ4v) is 5.10. The van der Waals surface area contributed by atoms with Crippen LogP contribution in [-0.4, -0.2) is 32.8 Å². The Labute approximate surface area is 90.8 Å². The van der Waals surface area contributed by atoms with Gasteiger partial charge < -0.3 is 0 Å². The van der Waals surface area contributed by atoms with Gasteiger partial charge in [0.25, 0.3) is 0 Å². The molecule has 1 aliphatic heterocycles. The lowest BCUT2D eigenvalue weighted by Crippen LogP contribution is -2.01. The van der Waals surface area contributed by atoms with Crippen LogP contribution in [0.4, 0.5) is 0 Å². The Morgan fingerprint density at radius 3 is 2.75 bits per heavy atom. The lowest BCUT2D eigenvalue weighted by Gasteiger charge is -2.04. The summed E-state index contributed by atoms with van der Waals surface area (Å²) in [6.07, 6.45) is 0.508. The average molecular weight is 243 g/mol. The standard InChI is InChI=1S/C7H11ClOS3/c8-2-1-6(9)12-5-7-10-3-4-11-7/h7H,1-5H2. The fraction of sp³-hybridized carbons (Fsp3) is 0.857. The third-order valence-corrected chi connectivity index (χ3v) is 6.04. The molecular weight excluding hydrogens is 232 g/mol. The molecule has 0 saturated carbocycles. The van der Waals surface area contributed by atoms with Gasteiger partial charge in [-0.2, -0.15) is 0 Å². The Balaban J connectivity index is 2.03. The summed E-state index contributed by atoms with van der Waals surface area (Å²) >= 11 is 10.8. The van der Waals surface area contributed by atoms with Crippen LogP contribution < -0.4 is 0 Å². The first kappa shape index (κ1) is 11.1. The minimum absolute atomic E-state index is 0.234. The van der Waals surface area contributed by atoms with Crippen LogP contribution in [-0.2, 0) is 4.79 Å². The fourth-order valence-electron chi connectivity index (χ4n) is 0.814. The molecule has 1 heterocycles. The van der Waals surface area contributed by atoms with E-state index in [4.69, 9.17) is 11.6 Å². The van der Waals surface area contributed by atoms with E-state index in [0.717, 1.165) is 5.75 Å². The molecule has 0 aromatic rings. The molecule has 1 saturated heterocycles. The number of rotatable bonds is 4. The number of hydrogen-bond donors (Lipinski definition) is 0. The molecule has 0 radical (unpaired) electrons. The maximum absolute atomic E-state index is 11.1. The first-order valence-corrected chi connectivity index (χ1v) is 7.39. The highest BCUT2D eigenvalue weighted by Gasteiger charge is 2.17. The van der Waals surface area contributed by atoms with Crippen LogP contribution in [0.5, 0.6) is 0 Å². The van der Waals surface area contributed by atoms with Crippen molar-refractivity contribution in [3.05, 3.63) is 0 Å². The molecule has 1 fully saturated rings. The van der Waals surface area contributed by atoms with E-state index in [9.17, 15) is 4.79 Å². The first-order chi connectivity index (χ1) is 5.83. The molecule has 5 heteroatoms. The van der Waals surface area contributed by atoms with Crippen molar-refractivity contribution in [1.82, 2.24) is 0 Å². The predicted octanol–water partition coefficient (Wildman–Crippen LogP) is 2.68. The monoisotopic (exact) mass is 242 g/mol. The van der Waals surface area contributed by atoms with Crippen molar-refractivity contribution < 1.29 is 4.79 Å². The third kappa shape index (κ3) is 4.30. The second kappa shape index (κ2) is 6.46. The topological polar surface area (TPSA) is 17.1 Å². The Bertz CT molecular complexity index is 148. The summed E-state index contributed by atoms with van der Waals surface area (Å²) in [5, 5.41) is 0.234. The summed E-state index contributed by atoms with van der Waals surface area (Å²) in [4.78, 5) is 11.1. The lowest BCUT2D eigenvalue weighted by molar-refractivity contribution is -0.110. The van der Waals surface area contributed by atoms with Gasteiger partial charge in [0.2, 0.25) is 0 Å². The van der Waals surface area contributed by atoms with Gasteiger partial charge in [-0.1, -0.05) is 11.8 Å². The summed E-state index contributed by atoms with van der Waals surface area (Å²) < 4.78 is 0.634. The maximum atomic E-state index is 11.1.